The molecular formula is C13H19NO4S. The Balaban J connectivity index is 2.86. The highest BCUT2D eigenvalue weighted by molar-refractivity contribution is 7.89. The SMILES string of the molecule is CCC(=O)c1cccc(S(=O)(=O)NCCC(C)O)c1. The maximum absolute atomic E-state index is 12.0. The minimum atomic E-state index is -3.63. The molecule has 1 rings (SSSR count). The van der Waals surface area contributed by atoms with Gasteiger partial charge in [0.25, 0.3) is 0 Å². The normalized spacial score (nSPS) is 13.2. The monoisotopic (exact) mass is 285 g/mol. The van der Waals surface area contributed by atoms with Gasteiger partial charge in [0, 0.05) is 18.5 Å². The molecule has 0 saturated heterocycles. The summed E-state index contributed by atoms with van der Waals surface area (Å²) in [6.07, 6.45) is 0.113. The van der Waals surface area contributed by atoms with E-state index in [1.807, 2.05) is 0 Å². The Kier molecular flexibility index (Phi) is 5.65. The van der Waals surface area contributed by atoms with Crippen molar-refractivity contribution < 1.29 is 18.3 Å². The van der Waals surface area contributed by atoms with E-state index < -0.39 is 16.1 Å². The summed E-state index contributed by atoms with van der Waals surface area (Å²) >= 11 is 0. The van der Waals surface area contributed by atoms with Gasteiger partial charge in [0.2, 0.25) is 10.0 Å². The smallest absolute Gasteiger partial charge is 0.240 e. The predicted octanol–water partition coefficient (Wildman–Crippen LogP) is 1.33. The van der Waals surface area contributed by atoms with Crippen LogP contribution < -0.4 is 4.72 Å². The number of aliphatic hydroxyl groups is 1. The van der Waals surface area contributed by atoms with Crippen molar-refractivity contribution in [1.82, 2.24) is 4.72 Å². The van der Waals surface area contributed by atoms with Crippen LogP contribution >= 0.6 is 0 Å². The molecule has 1 aromatic rings. The molecule has 0 fully saturated rings. The summed E-state index contributed by atoms with van der Waals surface area (Å²) in [4.78, 5) is 11.6. The zero-order valence-electron chi connectivity index (χ0n) is 11.1. The molecule has 0 bridgehead atoms. The van der Waals surface area contributed by atoms with Gasteiger partial charge in [-0.2, -0.15) is 0 Å². The highest BCUT2D eigenvalue weighted by atomic mass is 32.2. The molecule has 5 nitrogen and oxygen atoms in total. The number of hydrogen-bond donors (Lipinski definition) is 2. The lowest BCUT2D eigenvalue weighted by atomic mass is 10.1. The van der Waals surface area contributed by atoms with Crippen molar-refractivity contribution in [2.24, 2.45) is 0 Å². The van der Waals surface area contributed by atoms with Crippen LogP contribution in [-0.4, -0.2) is 32.0 Å². The molecule has 0 spiro atoms. The first-order valence-electron chi connectivity index (χ1n) is 6.18. The molecule has 0 aromatic heterocycles. The van der Waals surface area contributed by atoms with Gasteiger partial charge < -0.3 is 5.11 Å². The van der Waals surface area contributed by atoms with E-state index in [1.165, 1.54) is 12.1 Å². The van der Waals surface area contributed by atoms with Crippen LogP contribution in [-0.2, 0) is 10.0 Å². The lowest BCUT2D eigenvalue weighted by Gasteiger charge is -2.09. The van der Waals surface area contributed by atoms with Crippen molar-refractivity contribution in [2.45, 2.75) is 37.7 Å². The number of nitrogens with one attached hydrogen (secondary N) is 1. The average Bonchev–Trinajstić information content (AvgIpc) is 2.37. The summed E-state index contributed by atoms with van der Waals surface area (Å²) in [5.41, 5.74) is 0.390. The fraction of sp³-hybridized carbons (Fsp3) is 0.462. The molecule has 0 amide bonds. The van der Waals surface area contributed by atoms with Crippen molar-refractivity contribution in [2.75, 3.05) is 6.54 Å². The second-order valence-electron chi connectivity index (χ2n) is 4.34. The second kappa shape index (κ2) is 6.79. The molecule has 0 aliphatic carbocycles. The average molecular weight is 285 g/mol. The maximum atomic E-state index is 12.0. The molecule has 2 N–H and O–H groups in total. The number of carbonyl (C=O) groups excluding carboxylic acids is 1. The maximum Gasteiger partial charge on any atom is 0.240 e. The Morgan fingerprint density at radius 3 is 2.68 bits per heavy atom. The molecule has 0 aliphatic rings. The summed E-state index contributed by atoms with van der Waals surface area (Å²) in [7, 11) is -3.63. The number of sulfonamides is 1. The molecular weight excluding hydrogens is 266 g/mol. The molecule has 106 valence electrons. The van der Waals surface area contributed by atoms with Crippen molar-refractivity contribution in [3.8, 4) is 0 Å². The van der Waals surface area contributed by atoms with Gasteiger partial charge in [-0.25, -0.2) is 13.1 Å². The summed E-state index contributed by atoms with van der Waals surface area (Å²) < 4.78 is 26.3. The van der Waals surface area contributed by atoms with E-state index in [9.17, 15) is 13.2 Å². The van der Waals surface area contributed by atoms with Gasteiger partial charge in [-0.3, -0.25) is 4.79 Å². The van der Waals surface area contributed by atoms with Crippen LogP contribution in [0.25, 0.3) is 0 Å². The molecule has 1 unspecified atom stereocenters. The fourth-order valence-electron chi connectivity index (χ4n) is 1.53. The summed E-state index contributed by atoms with van der Waals surface area (Å²) in [5, 5.41) is 9.09. The van der Waals surface area contributed by atoms with Gasteiger partial charge >= 0.3 is 0 Å². The number of benzene rings is 1. The largest absolute Gasteiger partial charge is 0.393 e. The lowest BCUT2D eigenvalue weighted by molar-refractivity contribution is 0.0988. The molecule has 0 saturated carbocycles. The van der Waals surface area contributed by atoms with Crippen LogP contribution in [0.4, 0.5) is 0 Å². The molecule has 6 heteroatoms. The van der Waals surface area contributed by atoms with Crippen LogP contribution in [0.15, 0.2) is 29.2 Å². The summed E-state index contributed by atoms with van der Waals surface area (Å²) in [5.74, 6) is -0.0963. The van der Waals surface area contributed by atoms with Gasteiger partial charge in [-0.1, -0.05) is 19.1 Å². The standard InChI is InChI=1S/C13H19NO4S/c1-3-13(16)11-5-4-6-12(9-11)19(17,18)14-8-7-10(2)15/h4-6,9-10,14-15H,3,7-8H2,1-2H3. The fourth-order valence-corrected chi connectivity index (χ4v) is 2.62. The van der Waals surface area contributed by atoms with Crippen LogP contribution in [0.5, 0.6) is 0 Å². The van der Waals surface area contributed by atoms with E-state index in [1.54, 1.807) is 26.0 Å². The number of ketones is 1. The van der Waals surface area contributed by atoms with Gasteiger partial charge in [0.15, 0.2) is 5.78 Å². The van der Waals surface area contributed by atoms with E-state index in [4.69, 9.17) is 5.11 Å². The Morgan fingerprint density at radius 1 is 1.42 bits per heavy atom. The van der Waals surface area contributed by atoms with Crippen molar-refractivity contribution in [3.05, 3.63) is 29.8 Å². The number of hydrogen-bond acceptors (Lipinski definition) is 4. The van der Waals surface area contributed by atoms with Crippen LogP contribution in [0.1, 0.15) is 37.0 Å². The molecule has 1 aromatic carbocycles. The minimum absolute atomic E-state index is 0.0670. The van der Waals surface area contributed by atoms with Crippen LogP contribution in [0.3, 0.4) is 0 Å². The third kappa shape index (κ3) is 4.74. The number of carbonyl (C=O) groups is 1. The second-order valence-corrected chi connectivity index (χ2v) is 6.11. The highest BCUT2D eigenvalue weighted by Crippen LogP contribution is 2.13. The van der Waals surface area contributed by atoms with E-state index in [-0.39, 0.29) is 17.2 Å². The van der Waals surface area contributed by atoms with E-state index in [2.05, 4.69) is 4.72 Å². The third-order valence-electron chi connectivity index (χ3n) is 2.64. The Morgan fingerprint density at radius 2 is 2.11 bits per heavy atom. The highest BCUT2D eigenvalue weighted by Gasteiger charge is 2.15. The summed E-state index contributed by atoms with van der Waals surface area (Å²) in [6.45, 7) is 3.48. The van der Waals surface area contributed by atoms with Gasteiger partial charge in [-0.15, -0.1) is 0 Å². The minimum Gasteiger partial charge on any atom is -0.393 e. The molecule has 1 atom stereocenters. The van der Waals surface area contributed by atoms with Crippen molar-refractivity contribution in [3.63, 3.8) is 0 Å². The predicted molar refractivity (Wildman–Crippen MR) is 72.5 cm³/mol. The Hall–Kier alpha value is -1.24. The molecule has 0 heterocycles. The first kappa shape index (κ1) is 15.8. The molecule has 19 heavy (non-hydrogen) atoms. The number of Topliss-reactive ketones (excluding diaryl/α,β-unsaturated/α-hetero) is 1. The van der Waals surface area contributed by atoms with Crippen LogP contribution in [0, 0.1) is 0 Å². The molecule has 0 radical (unpaired) electrons. The van der Waals surface area contributed by atoms with Crippen molar-refractivity contribution >= 4 is 15.8 Å². The lowest BCUT2D eigenvalue weighted by Crippen LogP contribution is -2.26. The first-order valence-corrected chi connectivity index (χ1v) is 7.66. The Labute approximate surface area is 113 Å². The molecule has 0 aliphatic heterocycles. The quantitative estimate of drug-likeness (QED) is 0.740. The first-order chi connectivity index (χ1) is 8.86. The van der Waals surface area contributed by atoms with E-state index in [0.717, 1.165) is 0 Å². The third-order valence-corrected chi connectivity index (χ3v) is 4.10. The van der Waals surface area contributed by atoms with E-state index >= 15 is 0 Å². The van der Waals surface area contributed by atoms with Gasteiger partial charge in [0.05, 0.1) is 11.0 Å². The van der Waals surface area contributed by atoms with Gasteiger partial charge in [0.1, 0.15) is 0 Å². The van der Waals surface area contributed by atoms with Gasteiger partial charge in [-0.05, 0) is 25.5 Å². The Bertz CT molecular complexity index is 537. The zero-order chi connectivity index (χ0) is 14.5. The zero-order valence-corrected chi connectivity index (χ0v) is 11.9. The van der Waals surface area contributed by atoms with E-state index in [0.29, 0.717) is 18.4 Å². The number of rotatable bonds is 7. The topological polar surface area (TPSA) is 83.5 Å². The van der Waals surface area contributed by atoms with Crippen LogP contribution in [0.2, 0.25) is 0 Å². The van der Waals surface area contributed by atoms with Crippen molar-refractivity contribution in [1.29, 1.82) is 0 Å². The number of aliphatic hydroxyl groups excluding tert-OH is 1. The summed E-state index contributed by atoms with van der Waals surface area (Å²) in [6, 6.07) is 5.96.